The number of carbonyl (C=O) groups is 1. The molecule has 4 nitrogen and oxygen atoms in total. The Morgan fingerprint density at radius 2 is 2.50 bits per heavy atom. The molecular weight excluding hydrogens is 108 g/mol. The first-order valence-corrected chi connectivity index (χ1v) is 2.45. The molecule has 1 amide bonds. The summed E-state index contributed by atoms with van der Waals surface area (Å²) in [5.41, 5.74) is 0. The zero-order chi connectivity index (χ0) is 6.41. The van der Waals surface area contributed by atoms with E-state index in [0.29, 0.717) is 6.54 Å². The SMILES string of the molecule is CCCNC(=O)ON. The highest BCUT2D eigenvalue weighted by atomic mass is 16.7. The quantitative estimate of drug-likeness (QED) is 0.501. The van der Waals surface area contributed by atoms with Gasteiger partial charge in [-0.05, 0) is 6.42 Å². The number of hydrogen-bond donors (Lipinski definition) is 2. The van der Waals surface area contributed by atoms with Crippen molar-refractivity contribution in [3.8, 4) is 0 Å². The summed E-state index contributed by atoms with van der Waals surface area (Å²) in [5.74, 6) is 4.50. The molecule has 0 heterocycles. The molecule has 0 atom stereocenters. The molecule has 0 saturated heterocycles. The van der Waals surface area contributed by atoms with Gasteiger partial charge in [-0.3, -0.25) is 0 Å². The summed E-state index contributed by atoms with van der Waals surface area (Å²) in [5, 5.41) is 2.40. The molecule has 0 rings (SSSR count). The van der Waals surface area contributed by atoms with Crippen molar-refractivity contribution in [3.63, 3.8) is 0 Å². The maximum Gasteiger partial charge on any atom is 0.425 e. The third-order valence-electron chi connectivity index (χ3n) is 0.626. The second-order valence-corrected chi connectivity index (χ2v) is 1.33. The van der Waals surface area contributed by atoms with E-state index in [0.717, 1.165) is 6.42 Å². The second-order valence-electron chi connectivity index (χ2n) is 1.33. The van der Waals surface area contributed by atoms with Crippen LogP contribution in [0.1, 0.15) is 13.3 Å². The molecule has 0 aromatic rings. The van der Waals surface area contributed by atoms with Crippen LogP contribution in [0.2, 0.25) is 0 Å². The van der Waals surface area contributed by atoms with Crippen LogP contribution in [-0.4, -0.2) is 12.6 Å². The molecule has 0 fully saturated rings. The molecule has 8 heavy (non-hydrogen) atoms. The minimum absolute atomic E-state index is 0.577. The minimum Gasteiger partial charge on any atom is -0.357 e. The zero-order valence-electron chi connectivity index (χ0n) is 4.81. The number of nitrogens with two attached hydrogens (primary N) is 1. The van der Waals surface area contributed by atoms with Crippen LogP contribution in [0.25, 0.3) is 0 Å². The highest BCUT2D eigenvalue weighted by molar-refractivity contribution is 5.66. The molecule has 4 heteroatoms. The summed E-state index contributed by atoms with van der Waals surface area (Å²) in [7, 11) is 0. The van der Waals surface area contributed by atoms with E-state index in [2.05, 4.69) is 16.1 Å². The zero-order valence-corrected chi connectivity index (χ0v) is 4.81. The van der Waals surface area contributed by atoms with E-state index in [-0.39, 0.29) is 0 Å². The monoisotopic (exact) mass is 118 g/mol. The molecule has 0 aliphatic rings. The van der Waals surface area contributed by atoms with E-state index in [1.807, 2.05) is 6.92 Å². The number of amides is 1. The predicted octanol–water partition coefficient (Wildman–Crippen LogP) is -0.00370. The lowest BCUT2D eigenvalue weighted by atomic mass is 10.5. The highest BCUT2D eigenvalue weighted by Gasteiger charge is 1.92. The molecule has 0 aromatic carbocycles. The molecule has 0 aromatic heterocycles. The maximum absolute atomic E-state index is 10.1. The summed E-state index contributed by atoms with van der Waals surface area (Å²) in [6.07, 6.45) is 0.307. The van der Waals surface area contributed by atoms with Gasteiger partial charge in [0.15, 0.2) is 0 Å². The Morgan fingerprint density at radius 1 is 1.88 bits per heavy atom. The van der Waals surface area contributed by atoms with Crippen LogP contribution in [0.4, 0.5) is 4.79 Å². The largest absolute Gasteiger partial charge is 0.425 e. The maximum atomic E-state index is 10.1. The molecule has 0 spiro atoms. The third-order valence-corrected chi connectivity index (χ3v) is 0.626. The fourth-order valence-corrected chi connectivity index (χ4v) is 0.269. The lowest BCUT2D eigenvalue weighted by Crippen LogP contribution is -2.27. The van der Waals surface area contributed by atoms with E-state index < -0.39 is 6.09 Å². The topological polar surface area (TPSA) is 64.3 Å². The van der Waals surface area contributed by atoms with Gasteiger partial charge < -0.3 is 10.2 Å². The minimum atomic E-state index is -0.577. The van der Waals surface area contributed by atoms with Crippen LogP contribution in [-0.2, 0) is 4.84 Å². The first kappa shape index (κ1) is 7.23. The summed E-state index contributed by atoms with van der Waals surface area (Å²) in [6, 6.07) is 0. The first-order chi connectivity index (χ1) is 3.81. The average Bonchev–Trinajstić information content (AvgIpc) is 1.83. The fraction of sp³-hybridized carbons (Fsp3) is 0.750. The van der Waals surface area contributed by atoms with Gasteiger partial charge >= 0.3 is 6.09 Å². The normalized spacial score (nSPS) is 8.25. The molecule has 0 aliphatic carbocycles. The summed E-state index contributed by atoms with van der Waals surface area (Å²) in [4.78, 5) is 13.9. The van der Waals surface area contributed by atoms with Crippen LogP contribution >= 0.6 is 0 Å². The molecule has 0 radical (unpaired) electrons. The Balaban J connectivity index is 2.99. The van der Waals surface area contributed by atoms with Crippen LogP contribution < -0.4 is 11.2 Å². The summed E-state index contributed by atoms with van der Waals surface area (Å²) >= 11 is 0. The molecule has 0 saturated carbocycles. The van der Waals surface area contributed by atoms with Crippen molar-refractivity contribution in [2.45, 2.75) is 13.3 Å². The van der Waals surface area contributed by atoms with Gasteiger partial charge in [0.1, 0.15) is 0 Å². The van der Waals surface area contributed by atoms with Gasteiger partial charge in [-0.25, -0.2) is 4.79 Å². The first-order valence-electron chi connectivity index (χ1n) is 2.45. The lowest BCUT2D eigenvalue weighted by Gasteiger charge is -1.97. The molecule has 48 valence electrons. The van der Waals surface area contributed by atoms with E-state index in [4.69, 9.17) is 0 Å². The van der Waals surface area contributed by atoms with Crippen LogP contribution in [0, 0.1) is 0 Å². The van der Waals surface area contributed by atoms with Gasteiger partial charge in [0.05, 0.1) is 0 Å². The van der Waals surface area contributed by atoms with Gasteiger partial charge in [0, 0.05) is 6.54 Å². The van der Waals surface area contributed by atoms with Crippen LogP contribution in [0.3, 0.4) is 0 Å². The average molecular weight is 118 g/mol. The van der Waals surface area contributed by atoms with Crippen molar-refractivity contribution in [3.05, 3.63) is 0 Å². The lowest BCUT2D eigenvalue weighted by molar-refractivity contribution is 0.148. The van der Waals surface area contributed by atoms with E-state index in [1.54, 1.807) is 0 Å². The van der Waals surface area contributed by atoms with Crippen LogP contribution in [0.15, 0.2) is 0 Å². The molecule has 3 N–H and O–H groups in total. The van der Waals surface area contributed by atoms with E-state index >= 15 is 0 Å². The van der Waals surface area contributed by atoms with Crippen molar-refractivity contribution in [2.24, 2.45) is 5.90 Å². The van der Waals surface area contributed by atoms with Gasteiger partial charge in [-0.1, -0.05) is 6.92 Å². The predicted molar refractivity (Wildman–Crippen MR) is 29.0 cm³/mol. The number of rotatable bonds is 2. The van der Waals surface area contributed by atoms with E-state index in [9.17, 15) is 4.79 Å². The summed E-state index contributed by atoms with van der Waals surface area (Å²) in [6.45, 7) is 2.55. The number of carbonyl (C=O) groups excluding carboxylic acids is 1. The Labute approximate surface area is 48.0 Å². The smallest absolute Gasteiger partial charge is 0.357 e. The van der Waals surface area contributed by atoms with Gasteiger partial charge in [-0.15, -0.1) is 0 Å². The Kier molecular flexibility index (Phi) is 3.97. The van der Waals surface area contributed by atoms with Crippen molar-refractivity contribution in [1.29, 1.82) is 0 Å². The summed E-state index contributed by atoms with van der Waals surface area (Å²) < 4.78 is 0. The molecule has 0 bridgehead atoms. The van der Waals surface area contributed by atoms with Crippen LogP contribution in [0.5, 0.6) is 0 Å². The number of hydrogen-bond acceptors (Lipinski definition) is 3. The third kappa shape index (κ3) is 3.42. The van der Waals surface area contributed by atoms with Gasteiger partial charge in [0.2, 0.25) is 0 Å². The van der Waals surface area contributed by atoms with Crippen molar-refractivity contribution >= 4 is 6.09 Å². The molecule has 0 unspecified atom stereocenters. The number of nitrogens with one attached hydrogen (secondary N) is 1. The Bertz CT molecular complexity index is 74.4. The van der Waals surface area contributed by atoms with Crippen molar-refractivity contribution < 1.29 is 9.63 Å². The van der Waals surface area contributed by atoms with E-state index in [1.165, 1.54) is 0 Å². The highest BCUT2D eigenvalue weighted by Crippen LogP contribution is 1.70. The van der Waals surface area contributed by atoms with Gasteiger partial charge in [-0.2, -0.15) is 5.90 Å². The van der Waals surface area contributed by atoms with Crippen molar-refractivity contribution in [2.75, 3.05) is 6.54 Å². The second kappa shape index (κ2) is 4.39. The Morgan fingerprint density at radius 3 is 2.88 bits per heavy atom. The molecule has 0 aliphatic heterocycles. The standard InChI is InChI=1S/C4H10N2O2/c1-2-3-6-4(7)8-5/h2-3,5H2,1H3,(H,6,7). The Hall–Kier alpha value is -0.770. The molecular formula is C4H10N2O2. The van der Waals surface area contributed by atoms with Gasteiger partial charge in [0.25, 0.3) is 0 Å². The van der Waals surface area contributed by atoms with Crippen molar-refractivity contribution in [1.82, 2.24) is 5.32 Å². The fourth-order valence-electron chi connectivity index (χ4n) is 0.269.